The van der Waals surface area contributed by atoms with Crippen molar-refractivity contribution in [2.75, 3.05) is 0 Å². The fraction of sp³-hybridized carbons (Fsp3) is 0.0909. The number of pyridine rings is 1. The van der Waals surface area contributed by atoms with Gasteiger partial charge in [-0.15, -0.1) is 0 Å². The van der Waals surface area contributed by atoms with E-state index in [9.17, 15) is 9.59 Å². The van der Waals surface area contributed by atoms with Crippen LogP contribution in [0.5, 0.6) is 0 Å². The highest BCUT2D eigenvalue weighted by Gasteiger charge is 2.07. The van der Waals surface area contributed by atoms with Gasteiger partial charge in [-0.3, -0.25) is 9.78 Å². The Kier molecular flexibility index (Phi) is 2.95. The predicted octanol–water partition coefficient (Wildman–Crippen LogP) is 0.385. The summed E-state index contributed by atoms with van der Waals surface area (Å²) in [5.74, 6) is -1.16. The number of hydrogen-bond acceptors (Lipinski definition) is 4. The van der Waals surface area contributed by atoms with Crippen LogP contribution >= 0.6 is 0 Å². The maximum Gasteiger partial charge on any atom is 0.356 e. The lowest BCUT2D eigenvalue weighted by Crippen LogP contribution is -2.24. The summed E-state index contributed by atoms with van der Waals surface area (Å²) in [6.45, 7) is 0.202. The van der Waals surface area contributed by atoms with Crippen LogP contribution in [0.2, 0.25) is 0 Å². The minimum atomic E-state index is -1.16. The number of nitrogens with zero attached hydrogens (tertiary/aromatic N) is 3. The fourth-order valence-corrected chi connectivity index (χ4v) is 1.34. The van der Waals surface area contributed by atoms with E-state index in [-0.39, 0.29) is 17.8 Å². The minimum Gasteiger partial charge on any atom is -0.476 e. The number of hydrogen-bond donors (Lipinski definition) is 1. The standard InChI is InChI=1S/C11H9N3O3/c15-10-4-3-9(11(16)17)13-14(10)7-8-2-1-5-12-6-8/h1-6H,7H2,(H,16,17). The summed E-state index contributed by atoms with van der Waals surface area (Å²) < 4.78 is 1.10. The zero-order valence-electron chi connectivity index (χ0n) is 8.78. The third kappa shape index (κ3) is 2.54. The van der Waals surface area contributed by atoms with E-state index in [0.717, 1.165) is 10.2 Å². The maximum absolute atomic E-state index is 11.5. The number of aromatic carboxylic acids is 1. The Morgan fingerprint density at radius 1 is 1.35 bits per heavy atom. The molecule has 6 heteroatoms. The van der Waals surface area contributed by atoms with Crippen LogP contribution in [0.4, 0.5) is 0 Å². The number of carboxylic acids is 1. The van der Waals surface area contributed by atoms with Crippen LogP contribution in [-0.4, -0.2) is 25.8 Å². The van der Waals surface area contributed by atoms with Gasteiger partial charge in [0.15, 0.2) is 5.69 Å². The molecule has 0 bridgehead atoms. The molecule has 17 heavy (non-hydrogen) atoms. The quantitative estimate of drug-likeness (QED) is 0.825. The second-order valence-electron chi connectivity index (χ2n) is 3.38. The van der Waals surface area contributed by atoms with E-state index in [0.29, 0.717) is 0 Å². The third-order valence-electron chi connectivity index (χ3n) is 2.14. The van der Waals surface area contributed by atoms with E-state index in [1.54, 1.807) is 24.5 Å². The lowest BCUT2D eigenvalue weighted by Gasteiger charge is -2.04. The molecule has 0 aliphatic carbocycles. The van der Waals surface area contributed by atoms with Crippen LogP contribution in [0.1, 0.15) is 16.1 Å². The molecule has 0 aliphatic heterocycles. The first-order valence-corrected chi connectivity index (χ1v) is 4.87. The van der Waals surface area contributed by atoms with Crippen LogP contribution in [0.15, 0.2) is 41.5 Å². The molecule has 0 aromatic carbocycles. The minimum absolute atomic E-state index is 0.159. The fourth-order valence-electron chi connectivity index (χ4n) is 1.34. The van der Waals surface area contributed by atoms with Gasteiger partial charge in [0, 0.05) is 18.5 Å². The summed E-state index contributed by atoms with van der Waals surface area (Å²) in [6.07, 6.45) is 3.22. The maximum atomic E-state index is 11.5. The summed E-state index contributed by atoms with van der Waals surface area (Å²) in [4.78, 5) is 26.1. The molecule has 0 fully saturated rings. The highest BCUT2D eigenvalue weighted by Crippen LogP contribution is 1.98. The average molecular weight is 231 g/mol. The highest BCUT2D eigenvalue weighted by atomic mass is 16.4. The van der Waals surface area contributed by atoms with Gasteiger partial charge in [0.1, 0.15) is 0 Å². The van der Waals surface area contributed by atoms with E-state index in [4.69, 9.17) is 5.11 Å². The van der Waals surface area contributed by atoms with Gasteiger partial charge in [-0.2, -0.15) is 5.10 Å². The molecule has 0 spiro atoms. The lowest BCUT2D eigenvalue weighted by molar-refractivity contribution is 0.0687. The molecule has 2 aromatic heterocycles. The zero-order valence-corrected chi connectivity index (χ0v) is 8.78. The summed E-state index contributed by atoms with van der Waals surface area (Å²) in [5, 5.41) is 12.5. The molecule has 1 N–H and O–H groups in total. The highest BCUT2D eigenvalue weighted by molar-refractivity contribution is 5.84. The van der Waals surface area contributed by atoms with Gasteiger partial charge in [0.25, 0.3) is 5.56 Å². The van der Waals surface area contributed by atoms with E-state index in [2.05, 4.69) is 10.1 Å². The van der Waals surface area contributed by atoms with E-state index in [1.165, 1.54) is 12.1 Å². The van der Waals surface area contributed by atoms with Crippen LogP contribution < -0.4 is 5.56 Å². The smallest absolute Gasteiger partial charge is 0.356 e. The van der Waals surface area contributed by atoms with Crippen LogP contribution in [-0.2, 0) is 6.54 Å². The molecule has 0 atom stereocenters. The molecule has 0 saturated heterocycles. The topological polar surface area (TPSA) is 85.1 Å². The van der Waals surface area contributed by atoms with Crippen molar-refractivity contribution in [3.8, 4) is 0 Å². The number of carbonyl (C=O) groups is 1. The molecule has 2 rings (SSSR count). The van der Waals surface area contributed by atoms with E-state index in [1.807, 2.05) is 0 Å². The molecule has 0 unspecified atom stereocenters. The second kappa shape index (κ2) is 4.56. The van der Waals surface area contributed by atoms with Crippen LogP contribution in [0.3, 0.4) is 0 Å². The lowest BCUT2D eigenvalue weighted by atomic mass is 10.3. The number of aromatic nitrogens is 3. The summed E-state index contributed by atoms with van der Waals surface area (Å²) in [7, 11) is 0. The van der Waals surface area contributed by atoms with Crippen molar-refractivity contribution in [3.63, 3.8) is 0 Å². The average Bonchev–Trinajstić information content (AvgIpc) is 2.33. The predicted molar refractivity (Wildman–Crippen MR) is 58.8 cm³/mol. The Morgan fingerprint density at radius 3 is 2.82 bits per heavy atom. The largest absolute Gasteiger partial charge is 0.476 e. The first-order chi connectivity index (χ1) is 8.16. The van der Waals surface area contributed by atoms with Crippen molar-refractivity contribution in [2.45, 2.75) is 6.54 Å². The zero-order chi connectivity index (χ0) is 12.3. The second-order valence-corrected chi connectivity index (χ2v) is 3.38. The van der Waals surface area contributed by atoms with Crippen molar-refractivity contribution in [3.05, 3.63) is 58.3 Å². The molecule has 6 nitrogen and oxygen atoms in total. The van der Waals surface area contributed by atoms with Crippen molar-refractivity contribution in [2.24, 2.45) is 0 Å². The van der Waals surface area contributed by atoms with Crippen molar-refractivity contribution < 1.29 is 9.90 Å². The van der Waals surface area contributed by atoms with Crippen molar-refractivity contribution >= 4 is 5.97 Å². The van der Waals surface area contributed by atoms with E-state index < -0.39 is 5.97 Å². The van der Waals surface area contributed by atoms with Crippen molar-refractivity contribution in [1.29, 1.82) is 0 Å². The van der Waals surface area contributed by atoms with Gasteiger partial charge in [-0.25, -0.2) is 9.48 Å². The van der Waals surface area contributed by atoms with Gasteiger partial charge in [0.05, 0.1) is 6.54 Å². The first kappa shape index (κ1) is 11.0. The van der Waals surface area contributed by atoms with Crippen molar-refractivity contribution in [1.82, 2.24) is 14.8 Å². The normalized spacial score (nSPS) is 10.1. The molecule has 0 aliphatic rings. The van der Waals surface area contributed by atoms with E-state index >= 15 is 0 Å². The van der Waals surface area contributed by atoms with Gasteiger partial charge >= 0.3 is 5.97 Å². The molecular weight excluding hydrogens is 222 g/mol. The molecule has 86 valence electrons. The summed E-state index contributed by atoms with van der Waals surface area (Å²) >= 11 is 0. The van der Waals surface area contributed by atoms with Gasteiger partial charge in [0.2, 0.25) is 0 Å². The monoisotopic (exact) mass is 231 g/mol. The molecular formula is C11H9N3O3. The molecule has 0 saturated carbocycles. The third-order valence-corrected chi connectivity index (χ3v) is 2.14. The Hall–Kier alpha value is -2.50. The molecule has 0 radical (unpaired) electrons. The Bertz CT molecular complexity index is 592. The molecule has 2 aromatic rings. The molecule has 0 amide bonds. The first-order valence-electron chi connectivity index (χ1n) is 4.87. The van der Waals surface area contributed by atoms with Gasteiger partial charge in [-0.05, 0) is 17.7 Å². The Morgan fingerprint density at radius 2 is 2.18 bits per heavy atom. The molecule has 2 heterocycles. The SMILES string of the molecule is O=C(O)c1ccc(=O)n(Cc2cccnc2)n1. The Balaban J connectivity index is 2.36. The van der Waals surface area contributed by atoms with Gasteiger partial charge < -0.3 is 5.11 Å². The van der Waals surface area contributed by atoms with Crippen LogP contribution in [0, 0.1) is 0 Å². The van der Waals surface area contributed by atoms with Crippen LogP contribution in [0.25, 0.3) is 0 Å². The van der Waals surface area contributed by atoms with Gasteiger partial charge in [-0.1, -0.05) is 6.07 Å². The number of rotatable bonds is 3. The Labute approximate surface area is 96.2 Å². The summed E-state index contributed by atoms with van der Waals surface area (Å²) in [6, 6.07) is 5.90. The summed E-state index contributed by atoms with van der Waals surface area (Å²) in [5.41, 5.74) is 0.275. The number of carboxylic acid groups (broad SMARTS) is 1.